The molecular formula is C14H21F3N2O2. The Bertz CT molecular complexity index is 396. The van der Waals surface area contributed by atoms with E-state index in [1.54, 1.807) is 31.4 Å². The van der Waals surface area contributed by atoms with Crippen LogP contribution in [0.5, 0.6) is 0 Å². The molecule has 2 N–H and O–H groups in total. The fourth-order valence-electron chi connectivity index (χ4n) is 1.87. The summed E-state index contributed by atoms with van der Waals surface area (Å²) in [6.07, 6.45) is -4.30. The van der Waals surface area contributed by atoms with Gasteiger partial charge in [0.1, 0.15) is 6.54 Å². The molecule has 0 heterocycles. The van der Waals surface area contributed by atoms with Gasteiger partial charge in [0, 0.05) is 32.4 Å². The first-order chi connectivity index (χ1) is 9.96. The molecule has 0 amide bonds. The fraction of sp³-hybridized carbons (Fsp3) is 0.571. The average molecular weight is 306 g/mol. The number of benzene rings is 1. The number of nitrogens with one attached hydrogen (secondary N) is 1. The van der Waals surface area contributed by atoms with Crippen molar-refractivity contribution in [2.45, 2.75) is 12.7 Å². The van der Waals surface area contributed by atoms with Crippen LogP contribution in [0.25, 0.3) is 0 Å². The van der Waals surface area contributed by atoms with E-state index in [2.05, 4.69) is 5.32 Å². The lowest BCUT2D eigenvalue weighted by molar-refractivity contribution is -0.119. The van der Waals surface area contributed by atoms with Crippen molar-refractivity contribution in [3.8, 4) is 0 Å². The molecule has 0 aliphatic rings. The Morgan fingerprint density at radius 3 is 2.43 bits per heavy atom. The standard InChI is InChI=1S/C14H21F3N2O2/c1-21-9-6-18-10-12-2-4-13(5-3-12)19(7-8-20)11-14(15,16)17/h2-5,18,20H,6-11H2,1H3. The lowest BCUT2D eigenvalue weighted by atomic mass is 10.2. The minimum absolute atomic E-state index is 0.0506. The van der Waals surface area contributed by atoms with Crippen LogP contribution in [-0.2, 0) is 11.3 Å². The molecule has 7 heteroatoms. The number of rotatable bonds is 9. The zero-order valence-electron chi connectivity index (χ0n) is 12.0. The molecule has 0 bridgehead atoms. The number of halogens is 3. The lowest BCUT2D eigenvalue weighted by Gasteiger charge is -2.25. The second-order valence-corrected chi connectivity index (χ2v) is 4.60. The Labute approximate surface area is 122 Å². The summed E-state index contributed by atoms with van der Waals surface area (Å²) in [6.45, 7) is 0.500. The van der Waals surface area contributed by atoms with Crippen molar-refractivity contribution in [3.05, 3.63) is 29.8 Å². The molecule has 0 atom stereocenters. The highest BCUT2D eigenvalue weighted by Crippen LogP contribution is 2.22. The highest BCUT2D eigenvalue weighted by Gasteiger charge is 2.30. The largest absolute Gasteiger partial charge is 0.405 e. The summed E-state index contributed by atoms with van der Waals surface area (Å²) in [7, 11) is 1.62. The van der Waals surface area contributed by atoms with Crippen LogP contribution in [0.2, 0.25) is 0 Å². The molecule has 21 heavy (non-hydrogen) atoms. The maximum absolute atomic E-state index is 12.5. The summed E-state index contributed by atoms with van der Waals surface area (Å²) in [5.41, 5.74) is 1.42. The Morgan fingerprint density at radius 1 is 1.24 bits per heavy atom. The quantitative estimate of drug-likeness (QED) is 0.683. The third kappa shape index (κ3) is 7.31. The van der Waals surface area contributed by atoms with Crippen LogP contribution >= 0.6 is 0 Å². The van der Waals surface area contributed by atoms with Gasteiger partial charge in [-0.15, -0.1) is 0 Å². The molecule has 0 aromatic heterocycles. The summed E-state index contributed by atoms with van der Waals surface area (Å²) >= 11 is 0. The van der Waals surface area contributed by atoms with E-state index in [1.807, 2.05) is 0 Å². The number of hydrogen-bond donors (Lipinski definition) is 2. The maximum Gasteiger partial charge on any atom is 0.405 e. The van der Waals surface area contributed by atoms with Gasteiger partial charge in [-0.2, -0.15) is 13.2 Å². The van der Waals surface area contributed by atoms with E-state index in [-0.39, 0.29) is 13.2 Å². The SMILES string of the molecule is COCCNCc1ccc(N(CCO)CC(F)(F)F)cc1. The van der Waals surface area contributed by atoms with E-state index in [9.17, 15) is 13.2 Å². The van der Waals surface area contributed by atoms with Crippen molar-refractivity contribution in [3.63, 3.8) is 0 Å². The van der Waals surface area contributed by atoms with E-state index in [0.29, 0.717) is 25.4 Å². The molecule has 0 unspecified atom stereocenters. The van der Waals surface area contributed by atoms with Crippen molar-refractivity contribution >= 4 is 5.69 Å². The smallest absolute Gasteiger partial charge is 0.395 e. The second kappa shape index (κ2) is 8.86. The van der Waals surface area contributed by atoms with Crippen LogP contribution in [0.3, 0.4) is 0 Å². The van der Waals surface area contributed by atoms with Gasteiger partial charge < -0.3 is 20.1 Å². The van der Waals surface area contributed by atoms with Crippen LogP contribution in [-0.4, -0.2) is 51.2 Å². The Hall–Kier alpha value is -1.31. The van der Waals surface area contributed by atoms with E-state index in [1.165, 1.54) is 0 Å². The Balaban J connectivity index is 2.60. The Morgan fingerprint density at radius 2 is 1.90 bits per heavy atom. The highest BCUT2D eigenvalue weighted by molar-refractivity contribution is 5.47. The summed E-state index contributed by atoms with van der Waals surface area (Å²) < 4.78 is 42.4. The molecule has 0 aliphatic carbocycles. The molecule has 0 saturated heterocycles. The minimum atomic E-state index is -4.30. The van der Waals surface area contributed by atoms with Gasteiger partial charge in [-0.05, 0) is 17.7 Å². The summed E-state index contributed by atoms with van der Waals surface area (Å²) in [5.74, 6) is 0. The van der Waals surface area contributed by atoms with Crippen molar-refractivity contribution in [1.82, 2.24) is 5.32 Å². The van der Waals surface area contributed by atoms with E-state index in [4.69, 9.17) is 9.84 Å². The zero-order chi connectivity index (χ0) is 15.7. The fourth-order valence-corrected chi connectivity index (χ4v) is 1.87. The van der Waals surface area contributed by atoms with E-state index in [0.717, 1.165) is 10.5 Å². The van der Waals surface area contributed by atoms with Gasteiger partial charge in [-0.25, -0.2) is 0 Å². The highest BCUT2D eigenvalue weighted by atomic mass is 19.4. The first-order valence-corrected chi connectivity index (χ1v) is 6.67. The molecule has 0 saturated carbocycles. The number of aliphatic hydroxyl groups excluding tert-OH is 1. The Kier molecular flexibility index (Phi) is 7.49. The maximum atomic E-state index is 12.5. The number of anilines is 1. The van der Waals surface area contributed by atoms with Crippen molar-refractivity contribution in [2.24, 2.45) is 0 Å². The molecule has 0 radical (unpaired) electrons. The van der Waals surface area contributed by atoms with E-state index >= 15 is 0 Å². The first-order valence-electron chi connectivity index (χ1n) is 6.67. The van der Waals surface area contributed by atoms with Crippen LogP contribution in [0.15, 0.2) is 24.3 Å². The molecule has 1 rings (SSSR count). The summed E-state index contributed by atoms with van der Waals surface area (Å²) in [5, 5.41) is 12.0. The van der Waals surface area contributed by atoms with Crippen LogP contribution < -0.4 is 10.2 Å². The van der Waals surface area contributed by atoms with Gasteiger partial charge in [-0.1, -0.05) is 12.1 Å². The average Bonchev–Trinajstić information content (AvgIpc) is 2.42. The molecule has 4 nitrogen and oxygen atoms in total. The molecule has 0 aliphatic heterocycles. The number of nitrogens with zero attached hydrogens (tertiary/aromatic N) is 1. The molecule has 0 fully saturated rings. The van der Waals surface area contributed by atoms with Gasteiger partial charge in [0.15, 0.2) is 0 Å². The van der Waals surface area contributed by atoms with Crippen LogP contribution in [0.4, 0.5) is 18.9 Å². The summed E-state index contributed by atoms with van der Waals surface area (Å²) in [6, 6.07) is 6.81. The molecule has 1 aromatic rings. The molecule has 120 valence electrons. The lowest BCUT2D eigenvalue weighted by Crippen LogP contribution is -2.36. The second-order valence-electron chi connectivity index (χ2n) is 4.60. The predicted octanol–water partition coefficient (Wildman–Crippen LogP) is 1.78. The monoisotopic (exact) mass is 306 g/mol. The van der Waals surface area contributed by atoms with Crippen molar-refractivity contribution < 1.29 is 23.0 Å². The van der Waals surface area contributed by atoms with E-state index < -0.39 is 12.7 Å². The molecular weight excluding hydrogens is 285 g/mol. The van der Waals surface area contributed by atoms with Crippen LogP contribution in [0.1, 0.15) is 5.56 Å². The van der Waals surface area contributed by atoms with Gasteiger partial charge in [0.05, 0.1) is 13.2 Å². The van der Waals surface area contributed by atoms with Gasteiger partial charge in [-0.3, -0.25) is 0 Å². The van der Waals surface area contributed by atoms with Crippen molar-refractivity contribution in [2.75, 3.05) is 44.9 Å². The third-order valence-electron chi connectivity index (χ3n) is 2.85. The number of methoxy groups -OCH3 is 1. The van der Waals surface area contributed by atoms with Crippen LogP contribution in [0, 0.1) is 0 Å². The summed E-state index contributed by atoms with van der Waals surface area (Å²) in [4.78, 5) is 1.11. The number of hydrogen-bond acceptors (Lipinski definition) is 4. The third-order valence-corrected chi connectivity index (χ3v) is 2.85. The number of alkyl halides is 3. The molecule has 1 aromatic carbocycles. The van der Waals surface area contributed by atoms with Gasteiger partial charge in [0.2, 0.25) is 0 Å². The minimum Gasteiger partial charge on any atom is -0.395 e. The predicted molar refractivity (Wildman–Crippen MR) is 75.4 cm³/mol. The number of ether oxygens (including phenoxy) is 1. The zero-order valence-corrected chi connectivity index (χ0v) is 12.0. The normalized spacial score (nSPS) is 11.7. The topological polar surface area (TPSA) is 44.7 Å². The van der Waals surface area contributed by atoms with Gasteiger partial charge >= 0.3 is 6.18 Å². The molecule has 0 spiro atoms. The first kappa shape index (κ1) is 17.7. The van der Waals surface area contributed by atoms with Gasteiger partial charge in [0.25, 0.3) is 0 Å². The van der Waals surface area contributed by atoms with Crippen molar-refractivity contribution in [1.29, 1.82) is 0 Å². The number of aliphatic hydroxyl groups is 1.